The highest BCUT2D eigenvalue weighted by molar-refractivity contribution is 6.11. The summed E-state index contributed by atoms with van der Waals surface area (Å²) in [5.74, 6) is -3.29. The zero-order valence-corrected chi connectivity index (χ0v) is 12.0. The number of aromatic nitrogens is 2. The molecule has 0 radical (unpaired) electrons. The highest BCUT2D eigenvalue weighted by Crippen LogP contribution is 2.24. The molecule has 0 aliphatic carbocycles. The van der Waals surface area contributed by atoms with E-state index in [1.54, 1.807) is 5.32 Å². The van der Waals surface area contributed by atoms with Gasteiger partial charge in [-0.1, -0.05) is 0 Å². The van der Waals surface area contributed by atoms with Gasteiger partial charge in [0.25, 0.3) is 0 Å². The Morgan fingerprint density at radius 2 is 1.71 bits per heavy atom. The lowest BCUT2D eigenvalue weighted by Crippen LogP contribution is -2.13. The lowest BCUT2D eigenvalue weighted by Gasteiger charge is -2.09. The van der Waals surface area contributed by atoms with Crippen LogP contribution in [-0.2, 0) is 0 Å². The van der Waals surface area contributed by atoms with Gasteiger partial charge in [-0.3, -0.25) is 20.1 Å². The molecule has 120 valence electrons. The van der Waals surface area contributed by atoms with Crippen molar-refractivity contribution in [1.29, 1.82) is 0 Å². The van der Waals surface area contributed by atoms with Gasteiger partial charge in [0, 0.05) is 18.0 Å². The molecule has 6 nitrogen and oxygen atoms in total. The molecule has 1 amide bonds. The van der Waals surface area contributed by atoms with Gasteiger partial charge in [-0.15, -0.1) is 0 Å². The van der Waals surface area contributed by atoms with Crippen molar-refractivity contribution in [3.63, 3.8) is 0 Å². The van der Waals surface area contributed by atoms with Crippen LogP contribution < -0.4 is 5.32 Å². The van der Waals surface area contributed by atoms with Crippen LogP contribution in [-0.4, -0.2) is 27.0 Å². The van der Waals surface area contributed by atoms with Gasteiger partial charge in [-0.25, -0.2) is 13.6 Å². The Balaban J connectivity index is 2.09. The average Bonchev–Trinajstić information content (AvgIpc) is 2.56. The second-order valence-electron chi connectivity index (χ2n) is 4.80. The normalized spacial score (nSPS) is 10.6. The number of ketones is 1. The molecular formula is C16H9F2N3O3. The summed E-state index contributed by atoms with van der Waals surface area (Å²) in [6.07, 6.45) is 1.37. The summed E-state index contributed by atoms with van der Waals surface area (Å²) in [7, 11) is 0. The topological polar surface area (TPSA) is 92.2 Å². The van der Waals surface area contributed by atoms with Crippen LogP contribution in [0.2, 0.25) is 0 Å². The van der Waals surface area contributed by atoms with Crippen LogP contribution in [0.3, 0.4) is 0 Å². The number of benzene rings is 2. The van der Waals surface area contributed by atoms with Gasteiger partial charge < -0.3 is 5.11 Å². The molecule has 2 aromatic carbocycles. The van der Waals surface area contributed by atoms with Gasteiger partial charge in [0.2, 0.25) is 0 Å². The molecule has 24 heavy (non-hydrogen) atoms. The Morgan fingerprint density at radius 1 is 1.00 bits per heavy atom. The number of anilines is 1. The lowest BCUT2D eigenvalue weighted by atomic mass is 10.0. The smallest absolute Gasteiger partial charge is 0.409 e. The van der Waals surface area contributed by atoms with Crippen LogP contribution in [0.1, 0.15) is 15.9 Å². The minimum Gasteiger partial charge on any atom is -0.465 e. The number of carbonyl (C=O) groups excluding carboxylic acids is 1. The fraction of sp³-hybridized carbons (Fsp3) is 0. The lowest BCUT2D eigenvalue weighted by molar-refractivity contribution is 0.103. The summed E-state index contributed by atoms with van der Waals surface area (Å²) in [5, 5.41) is 10.4. The van der Waals surface area contributed by atoms with Gasteiger partial charge in [0.1, 0.15) is 5.82 Å². The molecule has 0 aliphatic rings. The molecule has 0 atom stereocenters. The van der Waals surface area contributed by atoms with Crippen LogP contribution in [0.25, 0.3) is 11.0 Å². The van der Waals surface area contributed by atoms with Crippen molar-refractivity contribution in [3.8, 4) is 0 Å². The Labute approximate surface area is 133 Å². The molecule has 0 spiro atoms. The maximum absolute atomic E-state index is 14.3. The van der Waals surface area contributed by atoms with Crippen molar-refractivity contribution in [2.75, 3.05) is 5.32 Å². The monoisotopic (exact) mass is 329 g/mol. The van der Waals surface area contributed by atoms with E-state index in [4.69, 9.17) is 5.11 Å². The molecule has 2 N–H and O–H groups in total. The third-order valence-electron chi connectivity index (χ3n) is 3.29. The van der Waals surface area contributed by atoms with E-state index in [2.05, 4.69) is 9.97 Å². The Hall–Kier alpha value is -3.42. The van der Waals surface area contributed by atoms with Crippen molar-refractivity contribution < 1.29 is 23.5 Å². The molecule has 0 aliphatic heterocycles. The number of hydrogen-bond acceptors (Lipinski definition) is 4. The number of nitrogens with one attached hydrogen (secondary N) is 1. The number of carbonyl (C=O) groups is 2. The summed E-state index contributed by atoms with van der Waals surface area (Å²) >= 11 is 0. The summed E-state index contributed by atoms with van der Waals surface area (Å²) in [6.45, 7) is 0. The largest absolute Gasteiger partial charge is 0.465 e. The van der Waals surface area contributed by atoms with E-state index < -0.39 is 34.8 Å². The minimum atomic E-state index is -1.53. The highest BCUT2D eigenvalue weighted by atomic mass is 19.1. The molecule has 0 unspecified atom stereocenters. The minimum absolute atomic E-state index is 0.00766. The Morgan fingerprint density at radius 3 is 2.42 bits per heavy atom. The van der Waals surface area contributed by atoms with Gasteiger partial charge >= 0.3 is 6.09 Å². The molecule has 1 aromatic heterocycles. The van der Waals surface area contributed by atoms with Gasteiger partial charge in [-0.05, 0) is 30.3 Å². The van der Waals surface area contributed by atoms with E-state index in [1.165, 1.54) is 30.6 Å². The van der Waals surface area contributed by atoms with Crippen molar-refractivity contribution in [3.05, 3.63) is 65.5 Å². The van der Waals surface area contributed by atoms with E-state index in [-0.39, 0.29) is 5.56 Å². The predicted octanol–water partition coefficient (Wildman–Crippen LogP) is 3.23. The third-order valence-corrected chi connectivity index (χ3v) is 3.29. The van der Waals surface area contributed by atoms with Crippen molar-refractivity contribution in [2.24, 2.45) is 0 Å². The quantitative estimate of drug-likeness (QED) is 0.720. The summed E-state index contributed by atoms with van der Waals surface area (Å²) < 4.78 is 28.3. The number of nitrogens with zero attached hydrogens (tertiary/aromatic N) is 2. The molecule has 0 saturated carbocycles. The molecule has 8 heteroatoms. The first-order valence-corrected chi connectivity index (χ1v) is 6.71. The van der Waals surface area contributed by atoms with Crippen LogP contribution in [0, 0.1) is 11.6 Å². The number of fused-ring (bicyclic) bond motifs is 1. The maximum atomic E-state index is 14.3. The second-order valence-corrected chi connectivity index (χ2v) is 4.80. The average molecular weight is 329 g/mol. The van der Waals surface area contributed by atoms with Crippen LogP contribution in [0.15, 0.2) is 42.7 Å². The first kappa shape index (κ1) is 15.5. The van der Waals surface area contributed by atoms with E-state index in [0.29, 0.717) is 11.0 Å². The predicted molar refractivity (Wildman–Crippen MR) is 81.0 cm³/mol. The zero-order chi connectivity index (χ0) is 17.3. The SMILES string of the molecule is O=C(O)Nc1ccc(F)c(C(=O)c2ccc3nccnc3c2)c1F. The fourth-order valence-corrected chi connectivity index (χ4v) is 2.22. The van der Waals surface area contributed by atoms with Gasteiger partial charge in [-0.2, -0.15) is 0 Å². The Kier molecular flexibility index (Phi) is 3.87. The van der Waals surface area contributed by atoms with E-state index in [1.807, 2.05) is 0 Å². The Bertz CT molecular complexity index is 976. The molecule has 3 rings (SSSR count). The number of carboxylic acid groups (broad SMARTS) is 1. The number of halogens is 2. The fourth-order valence-electron chi connectivity index (χ4n) is 2.22. The highest BCUT2D eigenvalue weighted by Gasteiger charge is 2.23. The zero-order valence-electron chi connectivity index (χ0n) is 12.0. The van der Waals surface area contributed by atoms with Crippen LogP contribution >= 0.6 is 0 Å². The number of hydrogen-bond donors (Lipinski definition) is 2. The number of amides is 1. The summed E-state index contributed by atoms with van der Waals surface area (Å²) in [6, 6.07) is 5.96. The summed E-state index contributed by atoms with van der Waals surface area (Å²) in [5.41, 5.74) is -0.425. The molecule has 0 bridgehead atoms. The van der Waals surface area contributed by atoms with Crippen molar-refractivity contribution in [2.45, 2.75) is 0 Å². The molecule has 0 fully saturated rings. The second kappa shape index (κ2) is 5.99. The number of rotatable bonds is 3. The van der Waals surface area contributed by atoms with E-state index in [9.17, 15) is 18.4 Å². The van der Waals surface area contributed by atoms with E-state index >= 15 is 0 Å². The molecular weight excluding hydrogens is 320 g/mol. The van der Waals surface area contributed by atoms with Gasteiger partial charge in [0.15, 0.2) is 11.6 Å². The standard InChI is InChI=1S/C16H9F2N3O3/c17-9-2-4-11(21-16(23)24)14(18)13(9)15(22)8-1-3-10-12(7-8)20-6-5-19-10/h1-7,21H,(H,23,24). The first-order chi connectivity index (χ1) is 11.5. The van der Waals surface area contributed by atoms with Crippen LogP contribution in [0.4, 0.5) is 19.3 Å². The summed E-state index contributed by atoms with van der Waals surface area (Å²) in [4.78, 5) is 31.2. The third kappa shape index (κ3) is 2.76. The molecule has 3 aromatic rings. The molecule has 0 saturated heterocycles. The molecule has 1 heterocycles. The van der Waals surface area contributed by atoms with Crippen molar-refractivity contribution >= 4 is 28.6 Å². The van der Waals surface area contributed by atoms with Crippen LogP contribution in [0.5, 0.6) is 0 Å². The maximum Gasteiger partial charge on any atom is 0.409 e. The first-order valence-electron chi connectivity index (χ1n) is 6.71. The van der Waals surface area contributed by atoms with E-state index in [0.717, 1.165) is 12.1 Å². The van der Waals surface area contributed by atoms with Crippen molar-refractivity contribution in [1.82, 2.24) is 9.97 Å². The van der Waals surface area contributed by atoms with Gasteiger partial charge in [0.05, 0.1) is 22.3 Å².